The van der Waals surface area contributed by atoms with Gasteiger partial charge in [0, 0.05) is 28.4 Å². The summed E-state index contributed by atoms with van der Waals surface area (Å²) in [6.45, 7) is 1.98. The summed E-state index contributed by atoms with van der Waals surface area (Å²) >= 11 is 1.65. The van der Waals surface area contributed by atoms with Gasteiger partial charge in [-0.15, -0.1) is 11.3 Å². The van der Waals surface area contributed by atoms with Crippen molar-refractivity contribution in [3.63, 3.8) is 0 Å². The average Bonchev–Trinajstić information content (AvgIpc) is 3.11. The minimum atomic E-state index is -0.114. The van der Waals surface area contributed by atoms with Crippen LogP contribution in [0.25, 0.3) is 21.1 Å². The number of rotatable bonds is 2. The Kier molecular flexibility index (Phi) is 2.94. The number of amides is 1. The molecule has 0 aliphatic rings. The lowest BCUT2D eigenvalue weighted by Gasteiger charge is -2.06. The number of hydrogen-bond donors (Lipinski definition) is 2. The Bertz CT molecular complexity index is 999. The number of carbonyl (C=O) groups is 1. The van der Waals surface area contributed by atoms with Crippen molar-refractivity contribution in [3.05, 3.63) is 59.2 Å². The van der Waals surface area contributed by atoms with Crippen LogP contribution < -0.4 is 5.32 Å². The van der Waals surface area contributed by atoms with Gasteiger partial charge in [-0.25, -0.2) is 4.98 Å². The normalized spacial score (nSPS) is 11.1. The minimum absolute atomic E-state index is 0.114. The molecule has 2 N–H and O–H groups in total. The van der Waals surface area contributed by atoms with E-state index in [9.17, 15) is 4.79 Å². The predicted molar refractivity (Wildman–Crippen MR) is 90.6 cm³/mol. The highest BCUT2D eigenvalue weighted by Gasteiger charge is 2.11. The summed E-state index contributed by atoms with van der Waals surface area (Å²) in [7, 11) is 0. The first-order chi connectivity index (χ1) is 10.7. The third-order valence-corrected chi connectivity index (χ3v) is 4.54. The molecular weight excluding hydrogens is 294 g/mol. The number of nitrogens with zero attached hydrogens (tertiary/aromatic N) is 1. The van der Waals surface area contributed by atoms with Crippen LogP contribution in [-0.4, -0.2) is 15.9 Å². The number of hydrogen-bond acceptors (Lipinski definition) is 3. The molecule has 0 radical (unpaired) electrons. The van der Waals surface area contributed by atoms with Gasteiger partial charge < -0.3 is 10.3 Å². The quantitative estimate of drug-likeness (QED) is 0.579. The molecule has 0 saturated heterocycles. The number of thiazole rings is 1. The van der Waals surface area contributed by atoms with Gasteiger partial charge in [0.15, 0.2) is 0 Å². The Morgan fingerprint density at radius 3 is 3.05 bits per heavy atom. The molecular formula is C17H13N3OS. The van der Waals surface area contributed by atoms with Crippen molar-refractivity contribution in [3.8, 4) is 0 Å². The van der Waals surface area contributed by atoms with Crippen LogP contribution in [-0.2, 0) is 0 Å². The molecule has 0 saturated carbocycles. The number of carbonyl (C=O) groups excluding carboxylic acids is 1. The van der Waals surface area contributed by atoms with Crippen molar-refractivity contribution in [1.82, 2.24) is 9.97 Å². The fraction of sp³-hybridized carbons (Fsp3) is 0.0588. The highest BCUT2D eigenvalue weighted by atomic mass is 32.1. The van der Waals surface area contributed by atoms with E-state index in [-0.39, 0.29) is 5.91 Å². The Morgan fingerprint density at radius 2 is 2.14 bits per heavy atom. The molecule has 1 amide bonds. The van der Waals surface area contributed by atoms with E-state index in [1.54, 1.807) is 11.3 Å². The Hall–Kier alpha value is -2.66. The number of anilines is 1. The number of fused-ring (bicyclic) bond motifs is 2. The second-order valence-electron chi connectivity index (χ2n) is 5.11. The molecule has 2 heterocycles. The summed E-state index contributed by atoms with van der Waals surface area (Å²) in [6.07, 6.45) is 1.84. The number of H-pyrrole nitrogens is 1. The summed E-state index contributed by atoms with van der Waals surface area (Å²) < 4.78 is 1.13. The van der Waals surface area contributed by atoms with Crippen molar-refractivity contribution in [2.45, 2.75) is 6.92 Å². The van der Waals surface area contributed by atoms with Crippen molar-refractivity contribution in [1.29, 1.82) is 0 Å². The molecule has 0 spiro atoms. The SMILES string of the molecule is Cc1nc2cc(NC(=O)c3cccc4[nH]ccc34)ccc2s1. The molecule has 0 atom stereocenters. The van der Waals surface area contributed by atoms with Gasteiger partial charge in [-0.3, -0.25) is 4.79 Å². The summed E-state index contributed by atoms with van der Waals surface area (Å²) in [6, 6.07) is 13.4. The lowest BCUT2D eigenvalue weighted by Crippen LogP contribution is -2.12. The third-order valence-electron chi connectivity index (χ3n) is 3.59. The molecule has 0 unspecified atom stereocenters. The fourth-order valence-corrected chi connectivity index (χ4v) is 3.41. The van der Waals surface area contributed by atoms with E-state index in [0.29, 0.717) is 5.56 Å². The molecule has 5 heteroatoms. The summed E-state index contributed by atoms with van der Waals surface area (Å²) in [5.74, 6) is -0.114. The monoisotopic (exact) mass is 307 g/mol. The lowest BCUT2D eigenvalue weighted by molar-refractivity contribution is 0.102. The highest BCUT2D eigenvalue weighted by molar-refractivity contribution is 7.18. The molecule has 0 aliphatic carbocycles. The summed E-state index contributed by atoms with van der Waals surface area (Å²) in [4.78, 5) is 20.1. The zero-order valence-electron chi connectivity index (χ0n) is 11.9. The first-order valence-electron chi connectivity index (χ1n) is 6.95. The van der Waals surface area contributed by atoms with Crippen LogP contribution in [0.3, 0.4) is 0 Å². The van der Waals surface area contributed by atoms with E-state index >= 15 is 0 Å². The molecule has 2 aromatic carbocycles. The molecule has 4 aromatic rings. The Morgan fingerprint density at radius 1 is 1.23 bits per heavy atom. The maximum absolute atomic E-state index is 12.5. The molecule has 2 aromatic heterocycles. The van der Waals surface area contributed by atoms with Gasteiger partial charge in [-0.2, -0.15) is 0 Å². The number of benzene rings is 2. The van der Waals surface area contributed by atoms with Crippen molar-refractivity contribution < 1.29 is 4.79 Å². The first-order valence-corrected chi connectivity index (χ1v) is 7.77. The van der Waals surface area contributed by atoms with Crippen LogP contribution in [0.15, 0.2) is 48.7 Å². The van der Waals surface area contributed by atoms with E-state index in [2.05, 4.69) is 15.3 Å². The number of nitrogens with one attached hydrogen (secondary N) is 2. The number of aromatic nitrogens is 2. The van der Waals surface area contributed by atoms with E-state index in [1.165, 1.54) is 0 Å². The topological polar surface area (TPSA) is 57.8 Å². The minimum Gasteiger partial charge on any atom is -0.361 e. The van der Waals surface area contributed by atoms with Gasteiger partial charge in [0.05, 0.1) is 15.2 Å². The van der Waals surface area contributed by atoms with Crippen LogP contribution >= 0.6 is 11.3 Å². The van der Waals surface area contributed by atoms with E-state index in [1.807, 2.05) is 55.6 Å². The zero-order chi connectivity index (χ0) is 15.1. The zero-order valence-corrected chi connectivity index (χ0v) is 12.7. The lowest BCUT2D eigenvalue weighted by atomic mass is 10.1. The number of aromatic amines is 1. The van der Waals surface area contributed by atoms with Crippen LogP contribution in [0.1, 0.15) is 15.4 Å². The molecule has 108 valence electrons. The first kappa shape index (κ1) is 13.0. The van der Waals surface area contributed by atoms with Crippen molar-refractivity contribution in [2.75, 3.05) is 5.32 Å². The van der Waals surface area contributed by atoms with Crippen molar-refractivity contribution >= 4 is 44.1 Å². The van der Waals surface area contributed by atoms with Crippen LogP contribution in [0.5, 0.6) is 0 Å². The molecule has 4 rings (SSSR count). The van der Waals surface area contributed by atoms with E-state index in [4.69, 9.17) is 0 Å². The fourth-order valence-electron chi connectivity index (χ4n) is 2.60. The summed E-state index contributed by atoms with van der Waals surface area (Å²) in [5.41, 5.74) is 3.29. The smallest absolute Gasteiger partial charge is 0.256 e. The molecule has 0 bridgehead atoms. The number of aryl methyl sites for hydroxylation is 1. The molecule has 22 heavy (non-hydrogen) atoms. The standard InChI is InChI=1S/C17H13N3OS/c1-10-19-15-9-11(5-6-16(15)22-10)20-17(21)13-3-2-4-14-12(13)7-8-18-14/h2-9,18H,1H3,(H,20,21). The Balaban J connectivity index is 1.69. The van der Waals surface area contributed by atoms with E-state index < -0.39 is 0 Å². The van der Waals surface area contributed by atoms with Crippen molar-refractivity contribution in [2.24, 2.45) is 0 Å². The highest BCUT2D eigenvalue weighted by Crippen LogP contribution is 2.25. The van der Waals surface area contributed by atoms with Gasteiger partial charge in [-0.05, 0) is 43.3 Å². The van der Waals surface area contributed by atoms with Gasteiger partial charge in [0.1, 0.15) is 0 Å². The molecule has 0 fully saturated rings. The molecule has 4 nitrogen and oxygen atoms in total. The van der Waals surface area contributed by atoms with Crippen LogP contribution in [0.4, 0.5) is 5.69 Å². The van der Waals surface area contributed by atoms with Crippen LogP contribution in [0.2, 0.25) is 0 Å². The average molecular weight is 307 g/mol. The van der Waals surface area contributed by atoms with Gasteiger partial charge in [0.2, 0.25) is 0 Å². The Labute approximate surface area is 130 Å². The molecule has 0 aliphatic heterocycles. The largest absolute Gasteiger partial charge is 0.361 e. The van der Waals surface area contributed by atoms with Crippen LogP contribution in [0, 0.1) is 6.92 Å². The maximum Gasteiger partial charge on any atom is 0.256 e. The van der Waals surface area contributed by atoms with Gasteiger partial charge in [0.25, 0.3) is 5.91 Å². The third kappa shape index (κ3) is 2.16. The van der Waals surface area contributed by atoms with Gasteiger partial charge >= 0.3 is 0 Å². The van der Waals surface area contributed by atoms with E-state index in [0.717, 1.165) is 31.8 Å². The second kappa shape index (κ2) is 4.96. The predicted octanol–water partition coefficient (Wildman–Crippen LogP) is 4.34. The second-order valence-corrected chi connectivity index (χ2v) is 6.35. The summed E-state index contributed by atoms with van der Waals surface area (Å²) in [5, 5.41) is 4.90. The maximum atomic E-state index is 12.5. The van der Waals surface area contributed by atoms with Gasteiger partial charge in [-0.1, -0.05) is 6.07 Å².